The van der Waals surface area contributed by atoms with E-state index < -0.39 is 29.0 Å². The van der Waals surface area contributed by atoms with Gasteiger partial charge in [-0.15, -0.1) is 0 Å². The number of epoxide rings is 1. The summed E-state index contributed by atoms with van der Waals surface area (Å²) in [5.41, 5.74) is -1.40. The fourth-order valence-corrected chi connectivity index (χ4v) is 3.63. The van der Waals surface area contributed by atoms with E-state index in [9.17, 15) is 18.0 Å². The van der Waals surface area contributed by atoms with Gasteiger partial charge in [-0.05, 0) is 5.56 Å². The molecule has 1 saturated heterocycles. The molecule has 1 amide bonds. The summed E-state index contributed by atoms with van der Waals surface area (Å²) in [5, 5.41) is 18.8. The summed E-state index contributed by atoms with van der Waals surface area (Å²) in [7, 11) is 0. The van der Waals surface area contributed by atoms with Gasteiger partial charge in [-0.1, -0.05) is 64.9 Å². The third-order valence-corrected chi connectivity index (χ3v) is 5.45. The smallest absolute Gasteiger partial charge is 0.395 e. The van der Waals surface area contributed by atoms with Crippen molar-refractivity contribution in [2.24, 2.45) is 0 Å². The number of carbonyl (C=O) groups is 1. The Bertz CT molecular complexity index is 1350. The Morgan fingerprint density at radius 1 is 1.03 bits per heavy atom. The predicted octanol–water partition coefficient (Wildman–Crippen LogP) is 3.41. The molecule has 5 rings (SSSR count). The first-order valence-electron chi connectivity index (χ1n) is 10.4. The zero-order valence-corrected chi connectivity index (χ0v) is 17.9. The Hall–Kier alpha value is -4.03. The zero-order chi connectivity index (χ0) is 24.6. The molecule has 4 aromatic rings. The monoisotopic (exact) mass is 486 g/mol. The number of benzene rings is 2. The van der Waals surface area contributed by atoms with Crippen LogP contribution in [-0.4, -0.2) is 46.1 Å². The fourth-order valence-electron chi connectivity index (χ4n) is 3.63. The minimum absolute atomic E-state index is 0.0211. The number of aliphatic hydroxyl groups is 1. The average molecular weight is 486 g/mol. The molecule has 0 bridgehead atoms. The molecule has 2 aromatic heterocycles. The molecular formula is C23H17F3N4O5. The summed E-state index contributed by atoms with van der Waals surface area (Å²) in [5.74, 6) is -1.51. The third-order valence-electron chi connectivity index (χ3n) is 5.45. The SMILES string of the molecule is O=C(NCCO)C1(c2ccc(-c3noc(-c4onc(-c5ccccc5)c4C(F)(F)F)n3)cc2)CO1. The second kappa shape index (κ2) is 8.64. The minimum Gasteiger partial charge on any atom is -0.395 e. The number of ether oxygens (including phenoxy) is 1. The quantitative estimate of drug-likeness (QED) is 0.381. The lowest BCUT2D eigenvalue weighted by Gasteiger charge is -2.12. The van der Waals surface area contributed by atoms with Crippen LogP contribution in [0, 0.1) is 0 Å². The number of hydrogen-bond donors (Lipinski definition) is 2. The van der Waals surface area contributed by atoms with Crippen LogP contribution in [0.1, 0.15) is 11.1 Å². The molecule has 9 nitrogen and oxygen atoms in total. The van der Waals surface area contributed by atoms with Crippen LogP contribution < -0.4 is 5.32 Å². The van der Waals surface area contributed by atoms with Crippen LogP contribution in [0.25, 0.3) is 34.3 Å². The topological polar surface area (TPSA) is 127 Å². The maximum atomic E-state index is 13.9. The van der Waals surface area contributed by atoms with Crippen molar-refractivity contribution in [1.82, 2.24) is 20.6 Å². The van der Waals surface area contributed by atoms with E-state index in [1.54, 1.807) is 42.5 Å². The van der Waals surface area contributed by atoms with Crippen molar-refractivity contribution >= 4 is 5.91 Å². The van der Waals surface area contributed by atoms with Gasteiger partial charge in [-0.2, -0.15) is 18.2 Å². The molecular weight excluding hydrogens is 469 g/mol. The molecule has 35 heavy (non-hydrogen) atoms. The van der Waals surface area contributed by atoms with Gasteiger partial charge in [-0.3, -0.25) is 4.79 Å². The lowest BCUT2D eigenvalue weighted by Crippen LogP contribution is -2.37. The Kier molecular flexibility index (Phi) is 5.61. The number of nitrogens with zero attached hydrogens (tertiary/aromatic N) is 3. The summed E-state index contributed by atoms with van der Waals surface area (Å²) in [6.45, 7) is 0.0850. The summed E-state index contributed by atoms with van der Waals surface area (Å²) in [6.07, 6.45) is -4.79. The summed E-state index contributed by atoms with van der Waals surface area (Å²) in [4.78, 5) is 16.4. The molecule has 2 N–H and O–H groups in total. The van der Waals surface area contributed by atoms with Crippen molar-refractivity contribution in [3.05, 3.63) is 65.7 Å². The summed E-state index contributed by atoms with van der Waals surface area (Å²) < 4.78 is 57.1. The van der Waals surface area contributed by atoms with E-state index in [1.807, 2.05) is 0 Å². The predicted molar refractivity (Wildman–Crippen MR) is 113 cm³/mol. The highest BCUT2D eigenvalue weighted by molar-refractivity contribution is 5.89. The lowest BCUT2D eigenvalue weighted by molar-refractivity contribution is -0.137. The zero-order valence-electron chi connectivity index (χ0n) is 17.9. The first-order chi connectivity index (χ1) is 16.8. The molecule has 2 aromatic carbocycles. The van der Waals surface area contributed by atoms with E-state index in [0.717, 1.165) is 0 Å². The van der Waals surface area contributed by atoms with Gasteiger partial charge < -0.3 is 24.2 Å². The van der Waals surface area contributed by atoms with E-state index >= 15 is 0 Å². The van der Waals surface area contributed by atoms with Crippen LogP contribution >= 0.6 is 0 Å². The number of nitrogens with one attached hydrogen (secondary N) is 1. The van der Waals surface area contributed by atoms with E-state index in [1.165, 1.54) is 12.1 Å². The number of rotatable bonds is 7. The van der Waals surface area contributed by atoms with E-state index in [0.29, 0.717) is 11.1 Å². The fraction of sp³-hybridized carbons (Fsp3) is 0.217. The van der Waals surface area contributed by atoms with Crippen molar-refractivity contribution in [2.75, 3.05) is 19.8 Å². The van der Waals surface area contributed by atoms with Gasteiger partial charge >= 0.3 is 6.18 Å². The van der Waals surface area contributed by atoms with E-state index in [4.69, 9.17) is 18.9 Å². The van der Waals surface area contributed by atoms with Crippen LogP contribution in [0.2, 0.25) is 0 Å². The lowest BCUT2D eigenvalue weighted by atomic mass is 9.97. The Balaban J connectivity index is 1.44. The second-order valence-electron chi connectivity index (χ2n) is 7.69. The Labute approximate surface area is 195 Å². The maximum absolute atomic E-state index is 13.9. The van der Waals surface area contributed by atoms with E-state index in [2.05, 4.69) is 20.6 Å². The molecule has 0 saturated carbocycles. The second-order valence-corrected chi connectivity index (χ2v) is 7.69. The van der Waals surface area contributed by atoms with Crippen LogP contribution in [0.15, 0.2) is 63.6 Å². The highest BCUT2D eigenvalue weighted by atomic mass is 19.4. The maximum Gasteiger partial charge on any atom is 0.422 e. The standard InChI is InChI=1S/C23H17F3N4O5/c24-23(25,26)16-17(13-4-2-1-3-5-13)29-34-18(16)20-28-19(30-35-20)14-6-8-15(9-7-14)22(12-33-22)21(32)27-10-11-31/h1-9,31H,10-12H2,(H,27,32). The van der Waals surface area contributed by atoms with E-state index in [-0.39, 0.29) is 42.7 Å². The number of hydrogen-bond acceptors (Lipinski definition) is 8. The summed E-state index contributed by atoms with van der Waals surface area (Å²) >= 11 is 0. The van der Waals surface area contributed by atoms with Crippen LogP contribution in [-0.2, 0) is 21.3 Å². The van der Waals surface area contributed by atoms with Crippen LogP contribution in [0.3, 0.4) is 0 Å². The highest BCUT2D eigenvalue weighted by Crippen LogP contribution is 2.43. The largest absolute Gasteiger partial charge is 0.422 e. The molecule has 0 spiro atoms. The molecule has 1 fully saturated rings. The molecule has 1 aliphatic heterocycles. The normalized spacial score (nSPS) is 17.4. The van der Waals surface area contributed by atoms with Crippen LogP contribution in [0.5, 0.6) is 0 Å². The number of aliphatic hydroxyl groups excluding tert-OH is 1. The molecule has 1 unspecified atom stereocenters. The van der Waals surface area contributed by atoms with Gasteiger partial charge in [0.15, 0.2) is 5.60 Å². The van der Waals surface area contributed by atoms with Crippen molar-refractivity contribution in [3.8, 4) is 34.3 Å². The van der Waals surface area contributed by atoms with Gasteiger partial charge in [0, 0.05) is 17.7 Å². The van der Waals surface area contributed by atoms with Gasteiger partial charge in [0.1, 0.15) is 11.3 Å². The van der Waals surface area contributed by atoms with Gasteiger partial charge in [-0.25, -0.2) is 0 Å². The van der Waals surface area contributed by atoms with Crippen molar-refractivity contribution < 1.29 is 36.9 Å². The first kappa shape index (κ1) is 22.7. The van der Waals surface area contributed by atoms with Gasteiger partial charge in [0.2, 0.25) is 11.6 Å². The average Bonchev–Trinajstić information content (AvgIpc) is 3.30. The Morgan fingerprint density at radius 2 is 1.74 bits per heavy atom. The number of carbonyl (C=O) groups excluding carboxylic acids is 1. The Morgan fingerprint density at radius 3 is 2.37 bits per heavy atom. The number of alkyl halides is 3. The van der Waals surface area contributed by atoms with Crippen LogP contribution in [0.4, 0.5) is 13.2 Å². The number of amides is 1. The minimum atomic E-state index is -4.79. The first-order valence-corrected chi connectivity index (χ1v) is 10.4. The molecule has 3 heterocycles. The molecule has 0 radical (unpaired) electrons. The van der Waals surface area contributed by atoms with Crippen molar-refractivity contribution in [1.29, 1.82) is 0 Å². The molecule has 12 heteroatoms. The summed E-state index contributed by atoms with van der Waals surface area (Å²) in [6, 6.07) is 14.2. The number of aromatic nitrogens is 3. The van der Waals surface area contributed by atoms with Crippen molar-refractivity contribution in [3.63, 3.8) is 0 Å². The third kappa shape index (κ3) is 4.17. The molecule has 1 atom stereocenters. The van der Waals surface area contributed by atoms with Gasteiger partial charge in [0.05, 0.1) is 13.2 Å². The van der Waals surface area contributed by atoms with Gasteiger partial charge in [0.25, 0.3) is 11.8 Å². The van der Waals surface area contributed by atoms with Crippen molar-refractivity contribution in [2.45, 2.75) is 11.8 Å². The molecule has 180 valence electrons. The number of halogens is 3. The molecule has 0 aliphatic carbocycles. The highest BCUT2D eigenvalue weighted by Gasteiger charge is 2.53. The molecule has 1 aliphatic rings.